The highest BCUT2D eigenvalue weighted by molar-refractivity contribution is 7.92. The van der Waals surface area contributed by atoms with Crippen molar-refractivity contribution in [2.45, 2.75) is 32.9 Å². The third kappa shape index (κ3) is 5.32. The molecule has 2 aromatic carbocycles. The van der Waals surface area contributed by atoms with Gasteiger partial charge in [0.15, 0.2) is 9.84 Å². The molecule has 0 atom stereocenters. The van der Waals surface area contributed by atoms with Crippen LogP contribution in [0.5, 0.6) is 0 Å². The van der Waals surface area contributed by atoms with E-state index in [1.54, 1.807) is 6.92 Å². The van der Waals surface area contributed by atoms with Crippen molar-refractivity contribution in [3.8, 4) is 0 Å². The maximum Gasteiger partial charge on any atom is 0.235 e. The summed E-state index contributed by atoms with van der Waals surface area (Å²) in [5, 5.41) is 2.69. The summed E-state index contributed by atoms with van der Waals surface area (Å²) in [5.74, 6) is -0.830. The van der Waals surface area contributed by atoms with Gasteiger partial charge in [-0.25, -0.2) is 8.42 Å². The number of hydrogen-bond acceptors (Lipinski definition) is 4. The number of para-hydroxylation sites is 1. The van der Waals surface area contributed by atoms with Gasteiger partial charge in [0.2, 0.25) is 5.91 Å². The molecule has 1 aliphatic heterocycles. The molecular formula is C21H26N2O3S. The first kappa shape index (κ1) is 19.4. The average Bonchev–Trinajstić information content (AvgIpc) is 3.04. The fourth-order valence-corrected chi connectivity index (χ4v) is 4.66. The molecule has 1 amide bonds. The Morgan fingerprint density at radius 2 is 1.78 bits per heavy atom. The summed E-state index contributed by atoms with van der Waals surface area (Å²) in [5.41, 5.74) is 4.88. The van der Waals surface area contributed by atoms with E-state index in [1.807, 2.05) is 12.1 Å². The van der Waals surface area contributed by atoms with E-state index in [-0.39, 0.29) is 5.75 Å². The minimum atomic E-state index is -3.30. The van der Waals surface area contributed by atoms with Crippen LogP contribution in [-0.2, 0) is 34.1 Å². The van der Waals surface area contributed by atoms with Crippen molar-refractivity contribution in [2.75, 3.05) is 23.0 Å². The minimum Gasteiger partial charge on any atom is -0.367 e. The summed E-state index contributed by atoms with van der Waals surface area (Å²) in [6, 6.07) is 16.6. The van der Waals surface area contributed by atoms with Crippen LogP contribution in [0.25, 0.3) is 0 Å². The van der Waals surface area contributed by atoms with Crippen molar-refractivity contribution < 1.29 is 13.2 Å². The van der Waals surface area contributed by atoms with Gasteiger partial charge >= 0.3 is 0 Å². The first-order chi connectivity index (χ1) is 13.0. The molecule has 1 heterocycles. The van der Waals surface area contributed by atoms with Crippen LogP contribution in [0.4, 0.5) is 5.69 Å². The molecule has 144 valence electrons. The Morgan fingerprint density at radius 3 is 2.52 bits per heavy atom. The SMILES string of the molecule is CCCS(=O)(=O)CC(=O)NCc1ccc(CN2CCc3ccccc32)cc1. The molecule has 0 saturated carbocycles. The molecule has 0 unspecified atom stereocenters. The number of nitrogens with one attached hydrogen (secondary N) is 1. The molecule has 0 aliphatic carbocycles. The molecule has 0 radical (unpaired) electrons. The fraction of sp³-hybridized carbons (Fsp3) is 0.381. The summed E-state index contributed by atoms with van der Waals surface area (Å²) >= 11 is 0. The number of rotatable bonds is 8. The molecule has 6 heteroatoms. The Bertz CT molecular complexity index is 892. The van der Waals surface area contributed by atoms with Gasteiger partial charge in [0.1, 0.15) is 5.75 Å². The second-order valence-corrected chi connectivity index (χ2v) is 9.17. The lowest BCUT2D eigenvalue weighted by molar-refractivity contribution is -0.118. The number of hydrogen-bond donors (Lipinski definition) is 1. The normalized spacial score (nSPS) is 13.4. The van der Waals surface area contributed by atoms with Crippen LogP contribution in [0, 0.1) is 0 Å². The largest absolute Gasteiger partial charge is 0.367 e. The molecule has 27 heavy (non-hydrogen) atoms. The van der Waals surface area contributed by atoms with Gasteiger partial charge in [0, 0.05) is 25.3 Å². The number of amides is 1. The van der Waals surface area contributed by atoms with Crippen LogP contribution in [0.1, 0.15) is 30.0 Å². The van der Waals surface area contributed by atoms with Crippen LogP contribution < -0.4 is 10.2 Å². The van der Waals surface area contributed by atoms with Crippen LogP contribution in [0.3, 0.4) is 0 Å². The van der Waals surface area contributed by atoms with Gasteiger partial charge in [0.25, 0.3) is 0 Å². The highest BCUT2D eigenvalue weighted by Gasteiger charge is 2.18. The minimum absolute atomic E-state index is 0.0503. The number of carbonyl (C=O) groups is 1. The quantitative estimate of drug-likeness (QED) is 0.758. The molecule has 3 rings (SSSR count). The second-order valence-electron chi connectivity index (χ2n) is 6.99. The van der Waals surface area contributed by atoms with Gasteiger partial charge in [-0.2, -0.15) is 0 Å². The molecule has 1 aliphatic rings. The van der Waals surface area contributed by atoms with Crippen LogP contribution in [0.15, 0.2) is 48.5 Å². The zero-order valence-electron chi connectivity index (χ0n) is 15.6. The van der Waals surface area contributed by atoms with Gasteiger partial charge in [-0.05, 0) is 35.6 Å². The number of fused-ring (bicyclic) bond motifs is 1. The lowest BCUT2D eigenvalue weighted by atomic mass is 10.1. The predicted molar refractivity (Wildman–Crippen MR) is 108 cm³/mol. The third-order valence-corrected chi connectivity index (χ3v) is 6.47. The Labute approximate surface area is 161 Å². The van der Waals surface area contributed by atoms with E-state index >= 15 is 0 Å². The van der Waals surface area contributed by atoms with Crippen molar-refractivity contribution in [1.29, 1.82) is 0 Å². The van der Waals surface area contributed by atoms with Gasteiger partial charge in [-0.15, -0.1) is 0 Å². The molecule has 0 bridgehead atoms. The second kappa shape index (κ2) is 8.57. The molecule has 2 aromatic rings. The Morgan fingerprint density at radius 1 is 1.07 bits per heavy atom. The van der Waals surface area contributed by atoms with E-state index in [9.17, 15) is 13.2 Å². The Balaban J connectivity index is 1.52. The Hall–Kier alpha value is -2.34. The Kier molecular flexibility index (Phi) is 6.16. The van der Waals surface area contributed by atoms with E-state index in [4.69, 9.17) is 0 Å². The van der Waals surface area contributed by atoms with Gasteiger partial charge in [-0.1, -0.05) is 49.4 Å². The van der Waals surface area contributed by atoms with Crippen molar-refractivity contribution >= 4 is 21.4 Å². The molecule has 0 aromatic heterocycles. The van der Waals surface area contributed by atoms with Crippen molar-refractivity contribution in [2.24, 2.45) is 0 Å². The van der Waals surface area contributed by atoms with Crippen LogP contribution in [-0.4, -0.2) is 32.4 Å². The van der Waals surface area contributed by atoms with E-state index < -0.39 is 21.5 Å². The highest BCUT2D eigenvalue weighted by Crippen LogP contribution is 2.28. The summed E-state index contributed by atoms with van der Waals surface area (Å²) in [6.45, 7) is 4.02. The predicted octanol–water partition coefficient (Wildman–Crippen LogP) is 2.69. The number of carbonyl (C=O) groups excluding carboxylic acids is 1. The summed E-state index contributed by atoms with van der Waals surface area (Å²) in [4.78, 5) is 14.2. The number of sulfone groups is 1. The monoisotopic (exact) mass is 386 g/mol. The molecule has 0 spiro atoms. The van der Waals surface area contributed by atoms with Crippen LogP contribution in [0.2, 0.25) is 0 Å². The van der Waals surface area contributed by atoms with E-state index in [2.05, 4.69) is 46.6 Å². The highest BCUT2D eigenvalue weighted by atomic mass is 32.2. The molecular weight excluding hydrogens is 360 g/mol. The van der Waals surface area contributed by atoms with Crippen molar-refractivity contribution in [3.63, 3.8) is 0 Å². The number of nitrogens with zero attached hydrogens (tertiary/aromatic N) is 1. The van der Waals surface area contributed by atoms with Gasteiger partial charge in [0.05, 0.1) is 5.75 Å². The first-order valence-electron chi connectivity index (χ1n) is 9.34. The standard InChI is InChI=1S/C21H26N2O3S/c1-2-13-27(25,26)16-21(24)22-14-17-7-9-18(10-8-17)15-23-12-11-19-5-3-4-6-20(19)23/h3-10H,2,11-16H2,1H3,(H,22,24). The number of benzene rings is 2. The zero-order chi connectivity index (χ0) is 19.3. The van der Waals surface area contributed by atoms with E-state index in [0.717, 1.165) is 25.1 Å². The van der Waals surface area contributed by atoms with Crippen LogP contribution >= 0.6 is 0 Å². The van der Waals surface area contributed by atoms with Crippen molar-refractivity contribution in [3.05, 3.63) is 65.2 Å². The first-order valence-corrected chi connectivity index (χ1v) is 11.2. The maximum absolute atomic E-state index is 11.8. The fourth-order valence-electron chi connectivity index (χ4n) is 3.39. The van der Waals surface area contributed by atoms with E-state index in [1.165, 1.54) is 16.8 Å². The van der Waals surface area contributed by atoms with Gasteiger partial charge in [-0.3, -0.25) is 4.79 Å². The van der Waals surface area contributed by atoms with Crippen molar-refractivity contribution in [1.82, 2.24) is 5.32 Å². The summed E-state index contributed by atoms with van der Waals surface area (Å²) < 4.78 is 23.4. The molecule has 0 saturated heterocycles. The lowest BCUT2D eigenvalue weighted by Gasteiger charge is -2.19. The maximum atomic E-state index is 11.8. The number of anilines is 1. The lowest BCUT2D eigenvalue weighted by Crippen LogP contribution is -2.30. The molecule has 5 nitrogen and oxygen atoms in total. The average molecular weight is 387 g/mol. The summed E-state index contributed by atoms with van der Waals surface area (Å²) in [6.07, 6.45) is 1.61. The van der Waals surface area contributed by atoms with E-state index in [0.29, 0.717) is 13.0 Å². The summed E-state index contributed by atoms with van der Waals surface area (Å²) in [7, 11) is -3.30. The van der Waals surface area contributed by atoms with Gasteiger partial charge < -0.3 is 10.2 Å². The third-order valence-electron chi connectivity index (χ3n) is 4.74. The topological polar surface area (TPSA) is 66.5 Å². The zero-order valence-corrected chi connectivity index (χ0v) is 16.5. The molecule has 0 fully saturated rings. The smallest absolute Gasteiger partial charge is 0.235 e. The molecule has 1 N–H and O–H groups in total.